The van der Waals surface area contributed by atoms with E-state index >= 15 is 0 Å². The fraction of sp³-hybridized carbons (Fsp3) is 0.556. The summed E-state index contributed by atoms with van der Waals surface area (Å²) in [5, 5.41) is 2.99. The standard InChI is InChI=1S/C36H50N4O2/c1-8-11-22-36(20-9-2,39-28(4)34(5,6)7)40(27-41)24-16-18-30-17-13-12-14-21-35(26-29(10-3)25-30)31-19-15-23-37-32(31)38-33(35)42/h3,13,15-19,23,25,27,29H,8-9,11-12,14,20-22,24,26H2,1-2,4-7H3,(H,37,38,42)/b17-13-,18-16+,30-25+,39-28+. The lowest BCUT2D eigenvalue weighted by Crippen LogP contribution is -2.48. The summed E-state index contributed by atoms with van der Waals surface area (Å²) in [4.78, 5) is 37.5. The molecular weight excluding hydrogens is 520 g/mol. The Hall–Kier alpha value is -3.46. The average molecular weight is 571 g/mol. The molecule has 1 aliphatic carbocycles. The number of hydrogen-bond donors (Lipinski definition) is 1. The number of anilines is 1. The second kappa shape index (κ2) is 14.6. The molecule has 1 spiro atoms. The van der Waals surface area contributed by atoms with Gasteiger partial charge in [-0.15, -0.1) is 6.42 Å². The van der Waals surface area contributed by atoms with Crippen LogP contribution in [0.1, 0.15) is 105 Å². The van der Waals surface area contributed by atoms with E-state index in [1.54, 1.807) is 6.20 Å². The van der Waals surface area contributed by atoms with Gasteiger partial charge in [-0.1, -0.05) is 89.8 Å². The minimum atomic E-state index is -0.687. The van der Waals surface area contributed by atoms with Gasteiger partial charge in [-0.05, 0) is 68.9 Å². The van der Waals surface area contributed by atoms with Crippen molar-refractivity contribution in [2.45, 2.75) is 110 Å². The van der Waals surface area contributed by atoms with Gasteiger partial charge in [0.25, 0.3) is 0 Å². The van der Waals surface area contributed by atoms with Crippen LogP contribution in [0.2, 0.25) is 0 Å². The third kappa shape index (κ3) is 7.68. The van der Waals surface area contributed by atoms with Crippen molar-refractivity contribution in [3.8, 4) is 12.3 Å². The van der Waals surface area contributed by atoms with E-state index in [9.17, 15) is 9.59 Å². The number of nitrogens with one attached hydrogen (secondary N) is 1. The highest BCUT2D eigenvalue weighted by Gasteiger charge is 2.47. The van der Waals surface area contributed by atoms with Gasteiger partial charge >= 0.3 is 0 Å². The molecule has 42 heavy (non-hydrogen) atoms. The molecule has 2 heterocycles. The lowest BCUT2D eigenvalue weighted by Gasteiger charge is -2.40. The highest BCUT2D eigenvalue weighted by Crippen LogP contribution is 2.45. The van der Waals surface area contributed by atoms with E-state index < -0.39 is 11.1 Å². The fourth-order valence-corrected chi connectivity index (χ4v) is 6.02. The SMILES string of the molecule is C#CC1/C=C(/C=C/CN(C=O)C(CCC)(CCCC)/N=C(\C)C(C)(C)C)\C=C/CCCC2(C1)C(=O)Nc1ncccc12. The van der Waals surface area contributed by atoms with Gasteiger partial charge in [-0.2, -0.15) is 0 Å². The zero-order chi connectivity index (χ0) is 30.8. The summed E-state index contributed by atoms with van der Waals surface area (Å²) in [6.45, 7) is 13.4. The summed E-state index contributed by atoms with van der Waals surface area (Å²) in [6.07, 6.45) is 26.7. The molecule has 3 atom stereocenters. The highest BCUT2D eigenvalue weighted by molar-refractivity contribution is 6.05. The smallest absolute Gasteiger partial charge is 0.236 e. The van der Waals surface area contributed by atoms with Crippen molar-refractivity contribution < 1.29 is 9.59 Å². The largest absolute Gasteiger partial charge is 0.317 e. The van der Waals surface area contributed by atoms with E-state index in [2.05, 4.69) is 76.0 Å². The third-order valence-electron chi connectivity index (χ3n) is 8.77. The number of rotatable bonds is 11. The maximum absolute atomic E-state index is 13.3. The number of amides is 2. The predicted molar refractivity (Wildman–Crippen MR) is 174 cm³/mol. The van der Waals surface area contributed by atoms with Gasteiger partial charge in [0.1, 0.15) is 11.5 Å². The van der Waals surface area contributed by atoms with Gasteiger partial charge in [0.05, 0.1) is 5.41 Å². The quantitative estimate of drug-likeness (QED) is 0.168. The van der Waals surface area contributed by atoms with Crippen molar-refractivity contribution in [2.24, 2.45) is 16.3 Å². The fourth-order valence-electron chi connectivity index (χ4n) is 6.02. The number of fused-ring (bicyclic) bond motifs is 2. The van der Waals surface area contributed by atoms with Crippen LogP contribution in [0, 0.1) is 23.7 Å². The zero-order valence-electron chi connectivity index (χ0n) is 26.6. The molecule has 226 valence electrons. The summed E-state index contributed by atoms with van der Waals surface area (Å²) in [6, 6.07) is 3.89. The number of unbranched alkanes of at least 4 members (excludes halogenated alkanes) is 1. The van der Waals surface area contributed by atoms with Crippen LogP contribution in [-0.2, 0) is 15.0 Å². The number of aromatic nitrogens is 1. The molecule has 6 nitrogen and oxygen atoms in total. The summed E-state index contributed by atoms with van der Waals surface area (Å²) in [5.74, 6) is 3.32. The molecule has 6 heteroatoms. The third-order valence-corrected chi connectivity index (χ3v) is 8.77. The van der Waals surface area contributed by atoms with Crippen LogP contribution in [0.25, 0.3) is 0 Å². The average Bonchev–Trinajstić information content (AvgIpc) is 3.23. The Morgan fingerprint density at radius 3 is 2.74 bits per heavy atom. The van der Waals surface area contributed by atoms with Gasteiger partial charge in [0.2, 0.25) is 12.3 Å². The van der Waals surface area contributed by atoms with Crippen LogP contribution in [0.4, 0.5) is 5.82 Å². The maximum Gasteiger partial charge on any atom is 0.236 e. The van der Waals surface area contributed by atoms with E-state index in [0.717, 1.165) is 74.6 Å². The first kappa shape index (κ1) is 33.0. The second-order valence-electron chi connectivity index (χ2n) is 12.8. The molecule has 1 aliphatic heterocycles. The van der Waals surface area contributed by atoms with Crippen LogP contribution in [0.3, 0.4) is 0 Å². The number of hydrogen-bond acceptors (Lipinski definition) is 4. The Balaban J connectivity index is 1.92. The molecule has 0 fully saturated rings. The Labute approximate surface area is 253 Å². The number of carbonyl (C=O) groups is 2. The van der Waals surface area contributed by atoms with Crippen LogP contribution in [0.15, 0.2) is 59.3 Å². The minimum absolute atomic E-state index is 0.0152. The van der Waals surface area contributed by atoms with E-state index in [1.807, 2.05) is 29.2 Å². The number of terminal acetylenes is 1. The first-order valence-electron chi connectivity index (χ1n) is 15.6. The summed E-state index contributed by atoms with van der Waals surface area (Å²) < 4.78 is 0. The Morgan fingerprint density at radius 1 is 1.29 bits per heavy atom. The molecule has 0 saturated carbocycles. The van der Waals surface area contributed by atoms with Crippen molar-refractivity contribution >= 4 is 23.8 Å². The van der Waals surface area contributed by atoms with E-state index in [4.69, 9.17) is 11.4 Å². The molecule has 0 aromatic carbocycles. The van der Waals surface area contributed by atoms with Crippen LogP contribution >= 0.6 is 0 Å². The number of nitrogens with zero attached hydrogens (tertiary/aromatic N) is 3. The van der Waals surface area contributed by atoms with Crippen LogP contribution < -0.4 is 5.32 Å². The van der Waals surface area contributed by atoms with Crippen LogP contribution in [-0.4, -0.2) is 40.1 Å². The van der Waals surface area contributed by atoms with Crippen molar-refractivity contribution in [1.29, 1.82) is 0 Å². The molecule has 2 aliphatic rings. The van der Waals surface area contributed by atoms with E-state index in [0.29, 0.717) is 18.8 Å². The van der Waals surface area contributed by atoms with Crippen LogP contribution in [0.5, 0.6) is 0 Å². The molecule has 0 saturated heterocycles. The maximum atomic E-state index is 13.3. The molecule has 3 unspecified atom stereocenters. The molecule has 2 amide bonds. The first-order valence-corrected chi connectivity index (χ1v) is 15.6. The molecule has 3 rings (SSSR count). The predicted octanol–water partition coefficient (Wildman–Crippen LogP) is 7.79. The molecule has 0 bridgehead atoms. The Morgan fingerprint density at radius 2 is 2.07 bits per heavy atom. The Kier molecular flexibility index (Phi) is 11.5. The Bertz CT molecular complexity index is 1260. The first-order chi connectivity index (χ1) is 20.0. The summed E-state index contributed by atoms with van der Waals surface area (Å²) in [7, 11) is 0. The molecular formula is C36H50N4O2. The lowest BCUT2D eigenvalue weighted by molar-refractivity contribution is -0.124. The number of carbonyl (C=O) groups excluding carboxylic acids is 2. The molecule has 1 aromatic heterocycles. The van der Waals surface area contributed by atoms with Crippen molar-refractivity contribution in [1.82, 2.24) is 9.88 Å². The normalized spacial score (nSPS) is 24.7. The topological polar surface area (TPSA) is 74.7 Å². The van der Waals surface area contributed by atoms with Gasteiger partial charge in [0, 0.05) is 29.9 Å². The van der Waals surface area contributed by atoms with Crippen molar-refractivity contribution in [3.05, 3.63) is 59.8 Å². The van der Waals surface area contributed by atoms with Gasteiger partial charge in [-0.25, -0.2) is 4.98 Å². The minimum Gasteiger partial charge on any atom is -0.317 e. The second-order valence-corrected chi connectivity index (χ2v) is 12.8. The van der Waals surface area contributed by atoms with Crippen molar-refractivity contribution in [2.75, 3.05) is 11.9 Å². The zero-order valence-corrected chi connectivity index (χ0v) is 26.6. The summed E-state index contributed by atoms with van der Waals surface area (Å²) in [5.41, 5.74) is 1.65. The highest BCUT2D eigenvalue weighted by atomic mass is 16.2. The molecule has 1 aromatic rings. The molecule has 1 N–H and O–H groups in total. The van der Waals surface area contributed by atoms with E-state index in [-0.39, 0.29) is 17.2 Å². The van der Waals surface area contributed by atoms with E-state index in [1.165, 1.54) is 0 Å². The summed E-state index contributed by atoms with van der Waals surface area (Å²) >= 11 is 0. The van der Waals surface area contributed by atoms with Crippen molar-refractivity contribution in [3.63, 3.8) is 0 Å². The molecule has 0 radical (unpaired) electrons. The lowest BCUT2D eigenvalue weighted by atomic mass is 9.71. The number of allylic oxidation sites excluding steroid dienone is 5. The number of aliphatic imine (C=N–C) groups is 1. The number of pyridine rings is 1. The van der Waals surface area contributed by atoms with Gasteiger partial charge < -0.3 is 10.2 Å². The monoisotopic (exact) mass is 570 g/mol. The van der Waals surface area contributed by atoms with Gasteiger partial charge in [-0.3, -0.25) is 14.6 Å². The van der Waals surface area contributed by atoms with Gasteiger partial charge in [0.15, 0.2) is 0 Å².